The van der Waals surface area contributed by atoms with Crippen LogP contribution in [0.5, 0.6) is 0 Å². The normalized spacial score (nSPS) is 33.5. The minimum atomic E-state index is 0.641. The van der Waals surface area contributed by atoms with E-state index in [2.05, 4.69) is 17.6 Å². The second-order valence-electron chi connectivity index (χ2n) is 5.12. The molecular weight excluding hydrogens is 160 g/mol. The van der Waals surface area contributed by atoms with Crippen LogP contribution in [-0.2, 0) is 0 Å². The van der Waals surface area contributed by atoms with E-state index < -0.39 is 0 Å². The van der Waals surface area contributed by atoms with Gasteiger partial charge in [-0.05, 0) is 63.2 Å². The van der Waals surface area contributed by atoms with E-state index in [4.69, 9.17) is 0 Å². The molecule has 76 valence electrons. The fourth-order valence-electron chi connectivity index (χ4n) is 2.82. The molecule has 2 aliphatic rings. The lowest BCUT2D eigenvalue weighted by Crippen LogP contribution is -2.36. The molecule has 0 amide bonds. The molecule has 0 spiro atoms. The van der Waals surface area contributed by atoms with Crippen LogP contribution < -0.4 is 10.6 Å². The highest BCUT2D eigenvalue weighted by atomic mass is 14.9. The highest BCUT2D eigenvalue weighted by Gasteiger charge is 2.30. The first-order chi connectivity index (χ1) is 6.29. The number of rotatable bonds is 2. The Kier molecular flexibility index (Phi) is 2.89. The largest absolute Gasteiger partial charge is 0.317 e. The van der Waals surface area contributed by atoms with Crippen LogP contribution in [0.4, 0.5) is 0 Å². The Hall–Kier alpha value is -0.0800. The van der Waals surface area contributed by atoms with Gasteiger partial charge in [0, 0.05) is 0 Å². The summed E-state index contributed by atoms with van der Waals surface area (Å²) >= 11 is 0. The first kappa shape index (κ1) is 9.47. The van der Waals surface area contributed by atoms with Gasteiger partial charge >= 0.3 is 0 Å². The summed E-state index contributed by atoms with van der Waals surface area (Å²) in [4.78, 5) is 0. The van der Waals surface area contributed by atoms with E-state index in [0.717, 1.165) is 5.92 Å². The molecule has 13 heavy (non-hydrogen) atoms. The van der Waals surface area contributed by atoms with Gasteiger partial charge < -0.3 is 10.6 Å². The molecule has 0 radical (unpaired) electrons. The maximum Gasteiger partial charge on any atom is -0.00198 e. The van der Waals surface area contributed by atoms with Gasteiger partial charge in [-0.2, -0.15) is 0 Å². The molecular formula is C11H22N2. The smallest absolute Gasteiger partial charge is 0.00198 e. The van der Waals surface area contributed by atoms with Crippen molar-refractivity contribution >= 4 is 0 Å². The van der Waals surface area contributed by atoms with Gasteiger partial charge in [-0.25, -0.2) is 0 Å². The molecule has 0 aliphatic carbocycles. The lowest BCUT2D eigenvalue weighted by Gasteiger charge is -2.36. The molecule has 2 heteroatoms. The zero-order valence-corrected chi connectivity index (χ0v) is 8.73. The summed E-state index contributed by atoms with van der Waals surface area (Å²) in [5.74, 6) is 0.961. The summed E-state index contributed by atoms with van der Waals surface area (Å²) in [6, 6.07) is 0. The Morgan fingerprint density at radius 2 is 1.92 bits per heavy atom. The fraction of sp³-hybridized carbons (Fsp3) is 1.00. The lowest BCUT2D eigenvalue weighted by molar-refractivity contribution is 0.180. The molecule has 1 atom stereocenters. The average molecular weight is 182 g/mol. The van der Waals surface area contributed by atoms with E-state index in [1.54, 1.807) is 0 Å². The van der Waals surface area contributed by atoms with E-state index in [9.17, 15) is 0 Å². The van der Waals surface area contributed by atoms with Crippen molar-refractivity contribution in [1.82, 2.24) is 10.6 Å². The molecule has 2 nitrogen and oxygen atoms in total. The second-order valence-corrected chi connectivity index (χ2v) is 5.12. The van der Waals surface area contributed by atoms with Crippen molar-refractivity contribution in [1.29, 1.82) is 0 Å². The molecule has 0 saturated carbocycles. The number of nitrogens with one attached hydrogen (secondary N) is 2. The lowest BCUT2D eigenvalue weighted by atomic mass is 9.74. The van der Waals surface area contributed by atoms with Crippen LogP contribution in [0, 0.1) is 11.3 Å². The van der Waals surface area contributed by atoms with Crippen molar-refractivity contribution in [2.24, 2.45) is 11.3 Å². The average Bonchev–Trinajstić information content (AvgIpc) is 2.57. The predicted octanol–water partition coefficient (Wildman–Crippen LogP) is 1.38. The third kappa shape index (κ3) is 2.44. The molecule has 2 N–H and O–H groups in total. The number of piperidine rings is 1. The van der Waals surface area contributed by atoms with Crippen LogP contribution >= 0.6 is 0 Å². The molecule has 2 aliphatic heterocycles. The summed E-state index contributed by atoms with van der Waals surface area (Å²) < 4.78 is 0. The van der Waals surface area contributed by atoms with Gasteiger partial charge in [0.05, 0.1) is 0 Å². The van der Waals surface area contributed by atoms with Gasteiger partial charge in [0.25, 0.3) is 0 Å². The van der Waals surface area contributed by atoms with Gasteiger partial charge in [0.1, 0.15) is 0 Å². The van der Waals surface area contributed by atoms with Crippen LogP contribution in [0.2, 0.25) is 0 Å². The Labute approximate surface area is 81.5 Å². The zero-order valence-electron chi connectivity index (χ0n) is 8.73. The van der Waals surface area contributed by atoms with Crippen LogP contribution in [0.25, 0.3) is 0 Å². The van der Waals surface area contributed by atoms with Crippen molar-refractivity contribution in [2.75, 3.05) is 26.2 Å². The van der Waals surface area contributed by atoms with Crippen LogP contribution in [0.15, 0.2) is 0 Å². The summed E-state index contributed by atoms with van der Waals surface area (Å²) in [5, 5.41) is 6.91. The molecule has 2 rings (SSSR count). The van der Waals surface area contributed by atoms with Crippen LogP contribution in [0.3, 0.4) is 0 Å². The summed E-state index contributed by atoms with van der Waals surface area (Å²) in [6.07, 6.45) is 5.61. The van der Waals surface area contributed by atoms with E-state index in [1.165, 1.54) is 51.9 Å². The summed E-state index contributed by atoms with van der Waals surface area (Å²) in [5.41, 5.74) is 0.641. The van der Waals surface area contributed by atoms with Gasteiger partial charge in [-0.1, -0.05) is 6.92 Å². The van der Waals surface area contributed by atoms with Crippen molar-refractivity contribution in [3.05, 3.63) is 0 Å². The standard InChI is InChI=1S/C11H22N2/c1-11(3-6-12-7-4-11)8-10-2-5-13-9-10/h10,12-13H,2-9H2,1H3. The first-order valence-corrected chi connectivity index (χ1v) is 5.70. The van der Waals surface area contributed by atoms with Crippen molar-refractivity contribution < 1.29 is 0 Å². The summed E-state index contributed by atoms with van der Waals surface area (Å²) in [7, 11) is 0. The van der Waals surface area contributed by atoms with Crippen molar-refractivity contribution in [3.8, 4) is 0 Å². The molecule has 2 saturated heterocycles. The Balaban J connectivity index is 1.83. The van der Waals surface area contributed by atoms with Gasteiger partial charge in [0.2, 0.25) is 0 Å². The van der Waals surface area contributed by atoms with Crippen LogP contribution in [-0.4, -0.2) is 26.2 Å². The maximum absolute atomic E-state index is 3.46. The third-order valence-electron chi connectivity index (χ3n) is 3.75. The molecule has 1 unspecified atom stereocenters. The molecule has 0 aromatic heterocycles. The second kappa shape index (κ2) is 3.97. The topological polar surface area (TPSA) is 24.1 Å². The maximum atomic E-state index is 3.46. The van der Waals surface area contributed by atoms with Gasteiger partial charge in [-0.3, -0.25) is 0 Å². The highest BCUT2D eigenvalue weighted by molar-refractivity contribution is 4.85. The van der Waals surface area contributed by atoms with Crippen molar-refractivity contribution in [3.63, 3.8) is 0 Å². The quantitative estimate of drug-likeness (QED) is 0.674. The number of hydrogen-bond donors (Lipinski definition) is 2. The van der Waals surface area contributed by atoms with E-state index in [0.29, 0.717) is 5.41 Å². The Morgan fingerprint density at radius 3 is 2.54 bits per heavy atom. The van der Waals surface area contributed by atoms with E-state index in [-0.39, 0.29) is 0 Å². The summed E-state index contributed by atoms with van der Waals surface area (Å²) in [6.45, 7) is 7.46. The van der Waals surface area contributed by atoms with Gasteiger partial charge in [0.15, 0.2) is 0 Å². The first-order valence-electron chi connectivity index (χ1n) is 5.70. The fourth-order valence-corrected chi connectivity index (χ4v) is 2.82. The third-order valence-corrected chi connectivity index (χ3v) is 3.75. The Morgan fingerprint density at radius 1 is 1.15 bits per heavy atom. The van der Waals surface area contributed by atoms with Crippen LogP contribution in [0.1, 0.15) is 32.6 Å². The Bertz CT molecular complexity index is 155. The minimum Gasteiger partial charge on any atom is -0.317 e. The molecule has 0 aromatic carbocycles. The SMILES string of the molecule is CC1(CC2CCNC2)CCNCC1. The highest BCUT2D eigenvalue weighted by Crippen LogP contribution is 2.36. The molecule has 2 heterocycles. The molecule has 0 bridgehead atoms. The monoisotopic (exact) mass is 182 g/mol. The zero-order chi connectivity index (χ0) is 9.15. The number of hydrogen-bond acceptors (Lipinski definition) is 2. The molecule has 2 fully saturated rings. The van der Waals surface area contributed by atoms with E-state index in [1.807, 2.05) is 0 Å². The van der Waals surface area contributed by atoms with Gasteiger partial charge in [-0.15, -0.1) is 0 Å². The van der Waals surface area contributed by atoms with E-state index >= 15 is 0 Å². The minimum absolute atomic E-state index is 0.641. The molecule has 0 aromatic rings. The van der Waals surface area contributed by atoms with Crippen molar-refractivity contribution in [2.45, 2.75) is 32.6 Å². The predicted molar refractivity (Wildman–Crippen MR) is 55.8 cm³/mol.